The Hall–Kier alpha value is -2.95. The predicted molar refractivity (Wildman–Crippen MR) is 92.5 cm³/mol. The van der Waals surface area contributed by atoms with Crippen LogP contribution in [-0.2, 0) is 0 Å². The van der Waals surface area contributed by atoms with Gasteiger partial charge in [0.05, 0.1) is 28.4 Å². The highest BCUT2D eigenvalue weighted by molar-refractivity contribution is 6.07. The van der Waals surface area contributed by atoms with Crippen LogP contribution in [0, 0.1) is 0 Å². The number of benzene rings is 2. The molecule has 5 nitrogen and oxygen atoms in total. The third kappa shape index (κ3) is 3.68. The third-order valence-corrected chi connectivity index (χ3v) is 3.52. The highest BCUT2D eigenvalue weighted by Gasteiger charge is 2.14. The van der Waals surface area contributed by atoms with Crippen LogP contribution in [0.25, 0.3) is 6.08 Å². The maximum absolute atomic E-state index is 12.3. The molecule has 0 saturated heterocycles. The van der Waals surface area contributed by atoms with E-state index in [1.54, 1.807) is 63.8 Å². The van der Waals surface area contributed by atoms with Crippen molar-refractivity contribution in [3.05, 3.63) is 53.6 Å². The normalized spacial score (nSPS) is 10.5. The zero-order valence-electron chi connectivity index (χ0n) is 14.2. The standard InChI is InChI=1S/C19H20O5/c1-21-15-9-5-13(6-10-15)16(20)11-7-14-8-12-17(22-2)19(24-4)18(14)23-3/h5-12H,1-4H3. The average molecular weight is 328 g/mol. The Bertz CT molecular complexity index is 732. The molecule has 0 heterocycles. The van der Waals surface area contributed by atoms with Gasteiger partial charge < -0.3 is 18.9 Å². The average Bonchev–Trinajstić information content (AvgIpc) is 2.64. The SMILES string of the molecule is COc1ccc(C(=O)C=Cc2ccc(OC)c(OC)c2OC)cc1. The monoisotopic (exact) mass is 328 g/mol. The second-order valence-corrected chi connectivity index (χ2v) is 4.85. The van der Waals surface area contributed by atoms with Gasteiger partial charge in [-0.1, -0.05) is 0 Å². The van der Waals surface area contributed by atoms with Crippen molar-refractivity contribution in [2.24, 2.45) is 0 Å². The van der Waals surface area contributed by atoms with Gasteiger partial charge in [0.2, 0.25) is 5.75 Å². The number of hydrogen-bond acceptors (Lipinski definition) is 5. The summed E-state index contributed by atoms with van der Waals surface area (Å²) in [6.45, 7) is 0. The van der Waals surface area contributed by atoms with Gasteiger partial charge in [0.15, 0.2) is 17.3 Å². The number of rotatable bonds is 7. The summed E-state index contributed by atoms with van der Waals surface area (Å²) in [5.41, 5.74) is 1.29. The lowest BCUT2D eigenvalue weighted by Gasteiger charge is -2.13. The topological polar surface area (TPSA) is 54.0 Å². The summed E-state index contributed by atoms with van der Waals surface area (Å²) < 4.78 is 21.1. The molecule has 5 heteroatoms. The molecule has 0 aliphatic rings. The first-order chi connectivity index (χ1) is 11.6. The Morgan fingerprint density at radius 2 is 1.46 bits per heavy atom. The molecular formula is C19H20O5. The van der Waals surface area contributed by atoms with Crippen molar-refractivity contribution in [1.29, 1.82) is 0 Å². The van der Waals surface area contributed by atoms with Gasteiger partial charge in [0.1, 0.15) is 5.75 Å². The summed E-state index contributed by atoms with van der Waals surface area (Å²) in [6, 6.07) is 10.5. The highest BCUT2D eigenvalue weighted by Crippen LogP contribution is 2.40. The Kier molecular flexibility index (Phi) is 5.84. The molecule has 24 heavy (non-hydrogen) atoms. The van der Waals surface area contributed by atoms with Gasteiger partial charge >= 0.3 is 0 Å². The number of carbonyl (C=O) groups is 1. The number of ether oxygens (including phenoxy) is 4. The van der Waals surface area contributed by atoms with Crippen LogP contribution in [0.2, 0.25) is 0 Å². The van der Waals surface area contributed by atoms with Crippen molar-refractivity contribution >= 4 is 11.9 Å². The van der Waals surface area contributed by atoms with Gasteiger partial charge in [-0.2, -0.15) is 0 Å². The Morgan fingerprint density at radius 1 is 0.792 bits per heavy atom. The number of ketones is 1. The summed E-state index contributed by atoms with van der Waals surface area (Å²) in [5, 5.41) is 0. The maximum atomic E-state index is 12.3. The number of carbonyl (C=O) groups excluding carboxylic acids is 1. The summed E-state index contributed by atoms with van der Waals surface area (Å²) >= 11 is 0. The molecular weight excluding hydrogens is 308 g/mol. The van der Waals surface area contributed by atoms with E-state index in [0.29, 0.717) is 28.6 Å². The Morgan fingerprint density at radius 3 is 2.00 bits per heavy atom. The van der Waals surface area contributed by atoms with E-state index in [1.807, 2.05) is 0 Å². The lowest BCUT2D eigenvalue weighted by molar-refractivity contribution is 0.104. The van der Waals surface area contributed by atoms with E-state index < -0.39 is 0 Å². The van der Waals surface area contributed by atoms with E-state index in [9.17, 15) is 4.79 Å². The van der Waals surface area contributed by atoms with Crippen molar-refractivity contribution < 1.29 is 23.7 Å². The van der Waals surface area contributed by atoms with E-state index in [1.165, 1.54) is 13.2 Å². The van der Waals surface area contributed by atoms with E-state index in [0.717, 1.165) is 5.56 Å². The van der Waals surface area contributed by atoms with Gasteiger partial charge in [-0.15, -0.1) is 0 Å². The van der Waals surface area contributed by atoms with Crippen LogP contribution in [-0.4, -0.2) is 34.2 Å². The Balaban J connectivity index is 2.28. The molecule has 0 bridgehead atoms. The highest BCUT2D eigenvalue weighted by atomic mass is 16.5. The summed E-state index contributed by atoms with van der Waals surface area (Å²) in [6.07, 6.45) is 3.18. The first-order valence-electron chi connectivity index (χ1n) is 7.30. The molecule has 0 N–H and O–H groups in total. The number of allylic oxidation sites excluding steroid dienone is 1. The molecule has 126 valence electrons. The van der Waals surface area contributed by atoms with Gasteiger partial charge in [0, 0.05) is 11.1 Å². The summed E-state index contributed by atoms with van der Waals surface area (Å²) in [4.78, 5) is 12.3. The molecule has 2 rings (SSSR count). The molecule has 0 fully saturated rings. The third-order valence-electron chi connectivity index (χ3n) is 3.52. The minimum atomic E-state index is -0.116. The largest absolute Gasteiger partial charge is 0.497 e. The van der Waals surface area contributed by atoms with Crippen LogP contribution in [0.15, 0.2) is 42.5 Å². The minimum Gasteiger partial charge on any atom is -0.497 e. The van der Waals surface area contributed by atoms with Crippen LogP contribution in [0.3, 0.4) is 0 Å². The maximum Gasteiger partial charge on any atom is 0.203 e. The second-order valence-electron chi connectivity index (χ2n) is 4.85. The lowest BCUT2D eigenvalue weighted by Crippen LogP contribution is -1.97. The van der Waals surface area contributed by atoms with Gasteiger partial charge in [0.25, 0.3) is 0 Å². The summed E-state index contributed by atoms with van der Waals surface area (Å²) in [7, 11) is 6.22. The van der Waals surface area contributed by atoms with Gasteiger partial charge in [-0.05, 0) is 48.6 Å². The first-order valence-corrected chi connectivity index (χ1v) is 7.30. The van der Waals surface area contributed by atoms with Crippen molar-refractivity contribution in [2.75, 3.05) is 28.4 Å². The molecule has 0 aliphatic carbocycles. The molecule has 0 atom stereocenters. The molecule has 0 unspecified atom stereocenters. The predicted octanol–water partition coefficient (Wildman–Crippen LogP) is 3.62. The van der Waals surface area contributed by atoms with E-state index in [-0.39, 0.29) is 5.78 Å². The van der Waals surface area contributed by atoms with E-state index in [2.05, 4.69) is 0 Å². The van der Waals surface area contributed by atoms with Gasteiger partial charge in [-0.3, -0.25) is 4.79 Å². The van der Waals surface area contributed by atoms with Crippen molar-refractivity contribution in [2.45, 2.75) is 0 Å². The lowest BCUT2D eigenvalue weighted by atomic mass is 10.1. The molecule has 0 amide bonds. The van der Waals surface area contributed by atoms with E-state index >= 15 is 0 Å². The quantitative estimate of drug-likeness (QED) is 0.574. The zero-order valence-corrected chi connectivity index (χ0v) is 14.2. The van der Waals surface area contributed by atoms with Crippen LogP contribution in [0.1, 0.15) is 15.9 Å². The fourth-order valence-corrected chi connectivity index (χ4v) is 2.27. The molecule has 0 saturated carbocycles. The van der Waals surface area contributed by atoms with Crippen LogP contribution < -0.4 is 18.9 Å². The van der Waals surface area contributed by atoms with Crippen molar-refractivity contribution in [1.82, 2.24) is 0 Å². The van der Waals surface area contributed by atoms with Crippen LogP contribution in [0.5, 0.6) is 23.0 Å². The molecule has 0 aliphatic heterocycles. The van der Waals surface area contributed by atoms with Gasteiger partial charge in [-0.25, -0.2) is 0 Å². The second kappa shape index (κ2) is 8.06. The number of hydrogen-bond donors (Lipinski definition) is 0. The molecule has 0 radical (unpaired) electrons. The van der Waals surface area contributed by atoms with E-state index in [4.69, 9.17) is 18.9 Å². The smallest absolute Gasteiger partial charge is 0.203 e. The Labute approximate surface area is 141 Å². The number of methoxy groups -OCH3 is 4. The molecule has 0 spiro atoms. The summed E-state index contributed by atoms with van der Waals surface area (Å²) in [5.74, 6) is 2.15. The minimum absolute atomic E-state index is 0.116. The fraction of sp³-hybridized carbons (Fsp3) is 0.211. The van der Waals surface area contributed by atoms with Crippen molar-refractivity contribution in [3.63, 3.8) is 0 Å². The molecule has 0 aromatic heterocycles. The first kappa shape index (κ1) is 17.4. The van der Waals surface area contributed by atoms with Crippen molar-refractivity contribution in [3.8, 4) is 23.0 Å². The fourth-order valence-electron chi connectivity index (χ4n) is 2.27. The van der Waals surface area contributed by atoms with Crippen LogP contribution >= 0.6 is 0 Å². The molecule has 2 aromatic carbocycles. The molecule has 2 aromatic rings. The zero-order chi connectivity index (χ0) is 17.5. The van der Waals surface area contributed by atoms with Crippen LogP contribution in [0.4, 0.5) is 0 Å².